The molecule has 0 unspecified atom stereocenters. The fourth-order valence-electron chi connectivity index (χ4n) is 3.97. The van der Waals surface area contributed by atoms with E-state index < -0.39 is 6.10 Å². The largest absolute Gasteiger partial charge is 0.497 e. The molecular weight excluding hydrogens is 388 g/mol. The van der Waals surface area contributed by atoms with E-state index in [1.54, 1.807) is 7.11 Å². The summed E-state index contributed by atoms with van der Waals surface area (Å²) in [5.41, 5.74) is 0.955. The van der Waals surface area contributed by atoms with E-state index in [0.717, 1.165) is 24.2 Å². The highest BCUT2D eigenvalue weighted by Gasteiger charge is 2.34. The smallest absolute Gasteiger partial charge is 0.223 e. The zero-order valence-electron chi connectivity index (χ0n) is 17.5. The Labute approximate surface area is 177 Å². The van der Waals surface area contributed by atoms with E-state index in [1.165, 1.54) is 0 Å². The zero-order chi connectivity index (χ0) is 21.3. The summed E-state index contributed by atoms with van der Waals surface area (Å²) in [5, 5.41) is 15.7. The summed E-state index contributed by atoms with van der Waals surface area (Å²) in [6.45, 7) is 1.43. The standard InChI is InChI=1S/C22H32N2O6/c1-28-17-4-2-3-15(11-17)13-23-21(26)12-18-5-6-19(20(14-25)30-18)24-22(27)16-7-9-29-10-8-16/h2-4,11,16,18-20,25H,5-10,12-14H2,1H3,(H,23,26)(H,24,27)/t18-,19-,20+/m0/s1. The molecule has 2 aliphatic rings. The highest BCUT2D eigenvalue weighted by atomic mass is 16.5. The van der Waals surface area contributed by atoms with Gasteiger partial charge in [-0.2, -0.15) is 0 Å². The van der Waals surface area contributed by atoms with Crippen molar-refractivity contribution >= 4 is 11.8 Å². The van der Waals surface area contributed by atoms with Crippen LogP contribution in [0.5, 0.6) is 5.75 Å². The molecule has 0 aromatic heterocycles. The summed E-state index contributed by atoms with van der Waals surface area (Å²) in [5.74, 6) is 0.597. The highest BCUT2D eigenvalue weighted by molar-refractivity contribution is 5.79. The third-order valence-corrected chi connectivity index (χ3v) is 5.75. The molecule has 166 valence electrons. The summed E-state index contributed by atoms with van der Waals surface area (Å²) >= 11 is 0. The number of methoxy groups -OCH3 is 1. The first-order valence-corrected chi connectivity index (χ1v) is 10.6. The summed E-state index contributed by atoms with van der Waals surface area (Å²) in [4.78, 5) is 24.8. The van der Waals surface area contributed by atoms with Gasteiger partial charge in [0.25, 0.3) is 0 Å². The van der Waals surface area contributed by atoms with Crippen molar-refractivity contribution in [3.63, 3.8) is 0 Å². The first-order chi connectivity index (χ1) is 14.6. The van der Waals surface area contributed by atoms with E-state index in [0.29, 0.717) is 32.6 Å². The Morgan fingerprint density at radius 3 is 2.73 bits per heavy atom. The Morgan fingerprint density at radius 1 is 1.20 bits per heavy atom. The predicted molar refractivity (Wildman–Crippen MR) is 110 cm³/mol. The van der Waals surface area contributed by atoms with Crippen molar-refractivity contribution < 1.29 is 28.9 Å². The Hall–Kier alpha value is -2.16. The van der Waals surface area contributed by atoms with Gasteiger partial charge in [-0.25, -0.2) is 0 Å². The number of rotatable bonds is 8. The van der Waals surface area contributed by atoms with Gasteiger partial charge in [-0.05, 0) is 43.4 Å². The number of ether oxygens (including phenoxy) is 3. The first-order valence-electron chi connectivity index (χ1n) is 10.6. The van der Waals surface area contributed by atoms with Gasteiger partial charge in [-0.3, -0.25) is 9.59 Å². The van der Waals surface area contributed by atoms with Crippen LogP contribution in [-0.4, -0.2) is 62.1 Å². The van der Waals surface area contributed by atoms with Gasteiger partial charge in [0.1, 0.15) is 11.9 Å². The fraction of sp³-hybridized carbons (Fsp3) is 0.636. The molecule has 0 spiro atoms. The van der Waals surface area contributed by atoms with Gasteiger partial charge in [0.05, 0.1) is 32.3 Å². The van der Waals surface area contributed by atoms with Crippen LogP contribution in [0.25, 0.3) is 0 Å². The molecule has 2 fully saturated rings. The van der Waals surface area contributed by atoms with Crippen LogP contribution in [0.2, 0.25) is 0 Å². The third-order valence-electron chi connectivity index (χ3n) is 5.75. The number of carbonyl (C=O) groups excluding carboxylic acids is 2. The van der Waals surface area contributed by atoms with Gasteiger partial charge in [0.2, 0.25) is 11.8 Å². The number of aliphatic hydroxyl groups is 1. The maximum absolute atomic E-state index is 12.5. The zero-order valence-corrected chi connectivity index (χ0v) is 17.5. The number of aliphatic hydroxyl groups excluding tert-OH is 1. The Balaban J connectivity index is 1.43. The van der Waals surface area contributed by atoms with E-state index >= 15 is 0 Å². The summed E-state index contributed by atoms with van der Waals surface area (Å²) < 4.78 is 16.4. The molecule has 0 saturated carbocycles. The Morgan fingerprint density at radius 2 is 2.00 bits per heavy atom. The minimum Gasteiger partial charge on any atom is -0.497 e. The lowest BCUT2D eigenvalue weighted by Crippen LogP contribution is -2.53. The molecule has 0 aliphatic carbocycles. The Kier molecular flexibility index (Phi) is 8.48. The second-order valence-electron chi connectivity index (χ2n) is 7.89. The molecular formula is C22H32N2O6. The lowest BCUT2D eigenvalue weighted by Gasteiger charge is -2.37. The number of hydrogen-bond acceptors (Lipinski definition) is 6. The lowest BCUT2D eigenvalue weighted by molar-refractivity contribution is -0.139. The molecule has 1 aromatic rings. The van der Waals surface area contributed by atoms with E-state index in [4.69, 9.17) is 14.2 Å². The van der Waals surface area contributed by atoms with Crippen LogP contribution in [0.1, 0.15) is 37.7 Å². The molecule has 8 nitrogen and oxygen atoms in total. The average molecular weight is 421 g/mol. The van der Waals surface area contributed by atoms with Gasteiger partial charge < -0.3 is 30.0 Å². The lowest BCUT2D eigenvalue weighted by atomic mass is 9.94. The molecule has 2 amide bonds. The molecule has 8 heteroatoms. The maximum atomic E-state index is 12.5. The van der Waals surface area contributed by atoms with Gasteiger partial charge in [-0.1, -0.05) is 12.1 Å². The monoisotopic (exact) mass is 420 g/mol. The van der Waals surface area contributed by atoms with Crippen LogP contribution >= 0.6 is 0 Å². The van der Waals surface area contributed by atoms with Crippen molar-refractivity contribution in [2.24, 2.45) is 5.92 Å². The van der Waals surface area contributed by atoms with Gasteiger partial charge in [-0.15, -0.1) is 0 Å². The van der Waals surface area contributed by atoms with Crippen molar-refractivity contribution in [2.45, 2.75) is 56.9 Å². The highest BCUT2D eigenvalue weighted by Crippen LogP contribution is 2.23. The molecule has 3 atom stereocenters. The molecule has 3 N–H and O–H groups in total. The minimum absolute atomic E-state index is 0.000155. The van der Waals surface area contributed by atoms with Crippen molar-refractivity contribution in [1.82, 2.24) is 10.6 Å². The van der Waals surface area contributed by atoms with Crippen molar-refractivity contribution in [3.8, 4) is 5.75 Å². The van der Waals surface area contributed by atoms with Crippen LogP contribution in [0.15, 0.2) is 24.3 Å². The fourth-order valence-corrected chi connectivity index (χ4v) is 3.97. The molecule has 3 rings (SSSR count). The second-order valence-corrected chi connectivity index (χ2v) is 7.89. The summed E-state index contributed by atoms with van der Waals surface area (Å²) in [7, 11) is 1.61. The van der Waals surface area contributed by atoms with Crippen molar-refractivity contribution in [3.05, 3.63) is 29.8 Å². The molecule has 2 aliphatic heterocycles. The molecule has 2 saturated heterocycles. The normalized spacial score (nSPS) is 24.8. The quantitative estimate of drug-likeness (QED) is 0.583. The number of amides is 2. The van der Waals surface area contributed by atoms with Crippen molar-refractivity contribution in [1.29, 1.82) is 0 Å². The molecule has 0 bridgehead atoms. The molecule has 1 aromatic carbocycles. The predicted octanol–water partition coefficient (Wildman–Crippen LogP) is 1.15. The molecule has 30 heavy (non-hydrogen) atoms. The second kappa shape index (κ2) is 11.3. The van der Waals surface area contributed by atoms with E-state index in [-0.39, 0.29) is 42.9 Å². The van der Waals surface area contributed by atoms with E-state index in [9.17, 15) is 14.7 Å². The van der Waals surface area contributed by atoms with E-state index in [1.807, 2.05) is 24.3 Å². The van der Waals surface area contributed by atoms with Crippen LogP contribution in [0, 0.1) is 5.92 Å². The number of hydrogen-bond donors (Lipinski definition) is 3. The van der Waals surface area contributed by atoms with Crippen LogP contribution in [0.3, 0.4) is 0 Å². The number of carbonyl (C=O) groups is 2. The number of nitrogens with one attached hydrogen (secondary N) is 2. The van der Waals surface area contributed by atoms with Gasteiger partial charge >= 0.3 is 0 Å². The molecule has 0 radical (unpaired) electrons. The Bertz CT molecular complexity index is 707. The molecule has 2 heterocycles. The average Bonchev–Trinajstić information content (AvgIpc) is 2.79. The van der Waals surface area contributed by atoms with Gasteiger partial charge in [0.15, 0.2) is 0 Å². The SMILES string of the molecule is COc1cccc(CNC(=O)C[C@@H]2CC[C@H](NC(=O)C3CCOCC3)[C@@H](CO)O2)c1. The topological polar surface area (TPSA) is 106 Å². The van der Waals surface area contributed by atoms with E-state index in [2.05, 4.69) is 10.6 Å². The van der Waals surface area contributed by atoms with Crippen molar-refractivity contribution in [2.75, 3.05) is 26.9 Å². The third kappa shape index (κ3) is 6.42. The maximum Gasteiger partial charge on any atom is 0.223 e. The first kappa shape index (κ1) is 22.5. The summed E-state index contributed by atoms with van der Waals surface area (Å²) in [6.07, 6.45) is 2.22. The van der Waals surface area contributed by atoms with Crippen LogP contribution in [-0.2, 0) is 25.6 Å². The summed E-state index contributed by atoms with van der Waals surface area (Å²) in [6, 6.07) is 7.30. The van der Waals surface area contributed by atoms with Crippen LogP contribution < -0.4 is 15.4 Å². The van der Waals surface area contributed by atoms with Gasteiger partial charge in [0, 0.05) is 25.7 Å². The number of benzene rings is 1. The minimum atomic E-state index is -0.501. The van der Waals surface area contributed by atoms with Crippen LogP contribution in [0.4, 0.5) is 0 Å².